The van der Waals surface area contributed by atoms with Crippen LogP contribution in [0.1, 0.15) is 21.0 Å². The van der Waals surface area contributed by atoms with Crippen molar-refractivity contribution in [3.05, 3.63) is 54.2 Å². The van der Waals surface area contributed by atoms with Gasteiger partial charge in [-0.05, 0) is 24.3 Å². The third-order valence-corrected chi connectivity index (χ3v) is 4.15. The van der Waals surface area contributed by atoms with E-state index in [-0.39, 0.29) is 11.8 Å². The predicted octanol–water partition coefficient (Wildman–Crippen LogP) is -0.555. The molecular formula is C17H21N4O3+. The lowest BCUT2D eigenvalue weighted by Gasteiger charge is -2.31. The zero-order valence-electron chi connectivity index (χ0n) is 13.4. The van der Waals surface area contributed by atoms with Gasteiger partial charge in [0.1, 0.15) is 5.69 Å². The van der Waals surface area contributed by atoms with Crippen LogP contribution in [0.2, 0.25) is 0 Å². The Labute approximate surface area is 140 Å². The van der Waals surface area contributed by atoms with Gasteiger partial charge in [-0.1, -0.05) is 6.07 Å². The Morgan fingerprint density at radius 1 is 1.21 bits per heavy atom. The number of rotatable bonds is 5. The molecule has 0 radical (unpaired) electrons. The third kappa shape index (κ3) is 3.99. The lowest BCUT2D eigenvalue weighted by atomic mass is 10.3. The average Bonchev–Trinajstić information content (AvgIpc) is 3.17. The number of pyridine rings is 1. The van der Waals surface area contributed by atoms with Gasteiger partial charge in [-0.2, -0.15) is 0 Å². The quantitative estimate of drug-likeness (QED) is 0.771. The second-order valence-corrected chi connectivity index (χ2v) is 5.74. The zero-order valence-corrected chi connectivity index (χ0v) is 13.4. The van der Waals surface area contributed by atoms with E-state index in [0.29, 0.717) is 31.1 Å². The van der Waals surface area contributed by atoms with Crippen LogP contribution in [0.5, 0.6) is 0 Å². The third-order valence-electron chi connectivity index (χ3n) is 4.15. The SMILES string of the molecule is O=C(NCC[NH+]1CCN(C(=O)c2ccco2)CC1)c1ccccn1. The van der Waals surface area contributed by atoms with Gasteiger partial charge >= 0.3 is 0 Å². The minimum Gasteiger partial charge on any atom is -0.459 e. The fraction of sp³-hybridized carbons (Fsp3) is 0.353. The Bertz CT molecular complexity index is 664. The molecular weight excluding hydrogens is 308 g/mol. The largest absolute Gasteiger partial charge is 0.459 e. The van der Waals surface area contributed by atoms with Crippen LogP contribution in [0.15, 0.2) is 47.2 Å². The van der Waals surface area contributed by atoms with Crippen molar-refractivity contribution in [2.24, 2.45) is 0 Å². The monoisotopic (exact) mass is 329 g/mol. The number of nitrogens with zero attached hydrogens (tertiary/aromatic N) is 2. The molecule has 3 heterocycles. The van der Waals surface area contributed by atoms with Gasteiger partial charge in [0.25, 0.3) is 11.8 Å². The highest BCUT2D eigenvalue weighted by Gasteiger charge is 2.25. The molecule has 3 rings (SSSR count). The molecule has 1 saturated heterocycles. The minimum absolute atomic E-state index is 0.0532. The highest BCUT2D eigenvalue weighted by molar-refractivity contribution is 5.92. The van der Waals surface area contributed by atoms with Crippen molar-refractivity contribution in [3.63, 3.8) is 0 Å². The smallest absolute Gasteiger partial charge is 0.289 e. The topological polar surface area (TPSA) is 79.9 Å². The minimum atomic E-state index is -0.151. The number of amides is 2. The van der Waals surface area contributed by atoms with Crippen molar-refractivity contribution in [1.29, 1.82) is 0 Å². The fourth-order valence-corrected chi connectivity index (χ4v) is 2.77. The average molecular weight is 329 g/mol. The van der Waals surface area contributed by atoms with E-state index >= 15 is 0 Å². The number of carbonyl (C=O) groups is 2. The van der Waals surface area contributed by atoms with E-state index in [4.69, 9.17) is 4.42 Å². The number of hydrogen-bond donors (Lipinski definition) is 2. The normalized spacial score (nSPS) is 15.2. The second-order valence-electron chi connectivity index (χ2n) is 5.74. The van der Waals surface area contributed by atoms with Crippen LogP contribution in [0.3, 0.4) is 0 Å². The summed E-state index contributed by atoms with van der Waals surface area (Å²) < 4.78 is 5.16. The van der Waals surface area contributed by atoms with Crippen LogP contribution < -0.4 is 10.2 Å². The van der Waals surface area contributed by atoms with E-state index in [2.05, 4.69) is 10.3 Å². The molecule has 0 spiro atoms. The van der Waals surface area contributed by atoms with Gasteiger partial charge in [-0.25, -0.2) is 0 Å². The number of carbonyl (C=O) groups excluding carboxylic acids is 2. The summed E-state index contributed by atoms with van der Waals surface area (Å²) in [5.74, 6) is 0.185. The van der Waals surface area contributed by atoms with E-state index in [1.165, 1.54) is 11.2 Å². The number of quaternary nitrogens is 1. The molecule has 1 aliphatic rings. The summed E-state index contributed by atoms with van der Waals surface area (Å²) in [4.78, 5) is 31.3. The number of aromatic nitrogens is 1. The van der Waals surface area contributed by atoms with Crippen LogP contribution in [0.4, 0.5) is 0 Å². The molecule has 0 aliphatic carbocycles. The molecule has 2 N–H and O–H groups in total. The molecule has 126 valence electrons. The zero-order chi connectivity index (χ0) is 16.8. The number of nitrogens with one attached hydrogen (secondary N) is 2. The lowest BCUT2D eigenvalue weighted by Crippen LogP contribution is -3.15. The first-order valence-corrected chi connectivity index (χ1v) is 8.09. The maximum atomic E-state index is 12.2. The van der Waals surface area contributed by atoms with Crippen LogP contribution in [-0.2, 0) is 0 Å². The van der Waals surface area contributed by atoms with Crippen molar-refractivity contribution in [3.8, 4) is 0 Å². The van der Waals surface area contributed by atoms with Gasteiger partial charge in [0.05, 0.1) is 45.5 Å². The van der Waals surface area contributed by atoms with Gasteiger partial charge < -0.3 is 19.5 Å². The first-order chi connectivity index (χ1) is 11.7. The van der Waals surface area contributed by atoms with Crippen molar-refractivity contribution in [1.82, 2.24) is 15.2 Å². The fourth-order valence-electron chi connectivity index (χ4n) is 2.77. The molecule has 0 bridgehead atoms. The van der Waals surface area contributed by atoms with Gasteiger partial charge in [0, 0.05) is 6.20 Å². The highest BCUT2D eigenvalue weighted by atomic mass is 16.3. The molecule has 7 heteroatoms. The van der Waals surface area contributed by atoms with E-state index in [1.54, 1.807) is 36.5 Å². The van der Waals surface area contributed by atoms with Gasteiger partial charge in [0.15, 0.2) is 5.76 Å². The first kappa shape index (κ1) is 16.2. The summed E-state index contributed by atoms with van der Waals surface area (Å²) in [7, 11) is 0. The van der Waals surface area contributed by atoms with Crippen molar-refractivity contribution < 1.29 is 18.9 Å². The Balaban J connectivity index is 1.38. The summed E-state index contributed by atoms with van der Waals surface area (Å²) in [5.41, 5.74) is 0.432. The molecule has 2 aromatic heterocycles. The highest BCUT2D eigenvalue weighted by Crippen LogP contribution is 2.05. The summed E-state index contributed by atoms with van der Waals surface area (Å²) >= 11 is 0. The van der Waals surface area contributed by atoms with Gasteiger partial charge in [-0.3, -0.25) is 14.6 Å². The molecule has 2 aromatic rings. The van der Waals surface area contributed by atoms with Gasteiger partial charge in [0.2, 0.25) is 0 Å². The summed E-state index contributed by atoms with van der Waals surface area (Å²) in [6.45, 7) is 4.56. The van der Waals surface area contributed by atoms with E-state index in [9.17, 15) is 9.59 Å². The molecule has 0 aromatic carbocycles. The second kappa shape index (κ2) is 7.74. The van der Waals surface area contributed by atoms with Crippen LogP contribution in [0.25, 0.3) is 0 Å². The Morgan fingerprint density at radius 3 is 2.71 bits per heavy atom. The van der Waals surface area contributed by atoms with Crippen molar-refractivity contribution in [2.75, 3.05) is 39.3 Å². The molecule has 1 aliphatic heterocycles. The van der Waals surface area contributed by atoms with Crippen molar-refractivity contribution >= 4 is 11.8 Å². The predicted molar refractivity (Wildman–Crippen MR) is 86.7 cm³/mol. The van der Waals surface area contributed by atoms with Gasteiger partial charge in [-0.15, -0.1) is 0 Å². The van der Waals surface area contributed by atoms with Crippen LogP contribution >= 0.6 is 0 Å². The van der Waals surface area contributed by atoms with Crippen molar-refractivity contribution in [2.45, 2.75) is 0 Å². The number of hydrogen-bond acceptors (Lipinski definition) is 4. The molecule has 24 heavy (non-hydrogen) atoms. The van der Waals surface area contributed by atoms with E-state index in [0.717, 1.165) is 19.6 Å². The lowest BCUT2D eigenvalue weighted by molar-refractivity contribution is -0.902. The maximum absolute atomic E-state index is 12.2. The molecule has 2 amide bonds. The Hall–Kier alpha value is -2.67. The van der Waals surface area contributed by atoms with Crippen LogP contribution in [-0.4, -0.2) is 61.0 Å². The molecule has 0 atom stereocenters. The molecule has 7 nitrogen and oxygen atoms in total. The Kier molecular flexibility index (Phi) is 5.22. The van der Waals surface area contributed by atoms with E-state index in [1.807, 2.05) is 4.90 Å². The Morgan fingerprint density at radius 2 is 2.04 bits per heavy atom. The standard InChI is InChI=1S/C17H20N4O3/c22-16(14-4-1-2-6-18-14)19-7-8-20-9-11-21(12-10-20)17(23)15-5-3-13-24-15/h1-6,13H,7-12H2,(H,19,22)/p+1. The molecule has 0 saturated carbocycles. The molecule has 1 fully saturated rings. The summed E-state index contributed by atoms with van der Waals surface area (Å²) in [6, 6.07) is 8.68. The summed E-state index contributed by atoms with van der Waals surface area (Å²) in [5, 5.41) is 2.88. The first-order valence-electron chi connectivity index (χ1n) is 8.09. The number of furan rings is 1. The summed E-state index contributed by atoms with van der Waals surface area (Å²) in [6.07, 6.45) is 3.12. The maximum Gasteiger partial charge on any atom is 0.289 e. The molecule has 0 unspecified atom stereocenters. The van der Waals surface area contributed by atoms with Crippen LogP contribution in [0, 0.1) is 0 Å². The van der Waals surface area contributed by atoms with E-state index < -0.39 is 0 Å². The number of piperazine rings is 1.